The maximum atomic E-state index is 13.7. The highest BCUT2D eigenvalue weighted by molar-refractivity contribution is 5.99. The molecule has 0 aliphatic carbocycles. The summed E-state index contributed by atoms with van der Waals surface area (Å²) in [5.41, 5.74) is 1.52. The number of nitrogens with one attached hydrogen (secondary N) is 2. The van der Waals surface area contributed by atoms with E-state index in [9.17, 15) is 9.18 Å². The first-order valence-electron chi connectivity index (χ1n) is 12.8. The second-order valence-corrected chi connectivity index (χ2v) is 9.79. The summed E-state index contributed by atoms with van der Waals surface area (Å²) in [4.78, 5) is 21.6. The summed E-state index contributed by atoms with van der Waals surface area (Å²) in [5, 5.41) is 10.8. The van der Waals surface area contributed by atoms with E-state index >= 15 is 0 Å². The van der Waals surface area contributed by atoms with Crippen LogP contribution in [0.1, 0.15) is 19.5 Å². The molecule has 0 unspecified atom stereocenters. The minimum Gasteiger partial charge on any atom is -0.493 e. The number of nitrogens with zero attached hydrogens (tertiary/aromatic N) is 4. The molecule has 5 aromatic rings. The zero-order valence-electron chi connectivity index (χ0n) is 23.8. The van der Waals surface area contributed by atoms with Crippen LogP contribution in [-0.2, 0) is 5.41 Å². The quantitative estimate of drug-likeness (QED) is 0.192. The third kappa shape index (κ3) is 6.94. The van der Waals surface area contributed by atoms with Gasteiger partial charge >= 0.3 is 6.03 Å². The van der Waals surface area contributed by atoms with Gasteiger partial charge in [-0.15, -0.1) is 0 Å². The molecule has 10 nitrogen and oxygen atoms in total. The lowest BCUT2D eigenvalue weighted by Crippen LogP contribution is -2.21. The average Bonchev–Trinajstić information content (AvgIpc) is 3.41. The van der Waals surface area contributed by atoms with Gasteiger partial charge in [0.05, 0.1) is 36.5 Å². The molecule has 0 saturated heterocycles. The molecule has 0 bridgehead atoms. The highest BCUT2D eigenvalue weighted by Gasteiger charge is 2.26. The zero-order chi connectivity index (χ0) is 29.0. The SMILES string of the molecule is COc1cc2ncnc(Oc3cccc(NC(=O)Nc4cc(C(C)(C)CF)nn4-c4ccccc4)c3)c2cc1OC.F.F. The minimum absolute atomic E-state index is 0. The van der Waals surface area contributed by atoms with E-state index in [1.165, 1.54) is 6.33 Å². The molecule has 0 spiro atoms. The summed E-state index contributed by atoms with van der Waals surface area (Å²) < 4.78 is 32.1. The van der Waals surface area contributed by atoms with Crippen molar-refractivity contribution in [3.8, 4) is 28.8 Å². The Morgan fingerprint density at radius 2 is 1.63 bits per heavy atom. The number of anilines is 2. The van der Waals surface area contributed by atoms with E-state index in [1.54, 1.807) is 75.2 Å². The van der Waals surface area contributed by atoms with Crippen molar-refractivity contribution < 1.29 is 32.8 Å². The first kappa shape index (κ1) is 32.2. The van der Waals surface area contributed by atoms with Gasteiger partial charge in [0.2, 0.25) is 5.88 Å². The molecule has 0 aliphatic rings. The van der Waals surface area contributed by atoms with Crippen LogP contribution in [0.3, 0.4) is 0 Å². The summed E-state index contributed by atoms with van der Waals surface area (Å²) in [7, 11) is 3.10. The Balaban J connectivity index is 0.00000253. The minimum atomic E-state index is -0.821. The van der Waals surface area contributed by atoms with E-state index in [2.05, 4.69) is 25.7 Å². The highest BCUT2D eigenvalue weighted by Crippen LogP contribution is 2.36. The van der Waals surface area contributed by atoms with Crippen LogP contribution in [0.4, 0.5) is 30.1 Å². The first-order chi connectivity index (χ1) is 19.8. The van der Waals surface area contributed by atoms with Crippen molar-refractivity contribution in [2.45, 2.75) is 19.3 Å². The number of ether oxygens (including phenoxy) is 3. The Hall–Kier alpha value is -5.33. The molecule has 0 atom stereocenters. The number of aromatic nitrogens is 4. The lowest BCUT2D eigenvalue weighted by molar-refractivity contribution is 0.262. The second kappa shape index (κ2) is 13.6. The molecule has 226 valence electrons. The fraction of sp³-hybridized carbons (Fsp3) is 0.200. The van der Waals surface area contributed by atoms with Crippen LogP contribution in [0.2, 0.25) is 0 Å². The number of benzene rings is 3. The molecule has 2 N–H and O–H groups in total. The van der Waals surface area contributed by atoms with E-state index < -0.39 is 18.1 Å². The van der Waals surface area contributed by atoms with Gasteiger partial charge in [0.1, 0.15) is 24.6 Å². The maximum Gasteiger partial charge on any atom is 0.324 e. The summed E-state index contributed by atoms with van der Waals surface area (Å²) in [5.74, 6) is 2.20. The Labute approximate surface area is 245 Å². The van der Waals surface area contributed by atoms with E-state index in [4.69, 9.17) is 14.2 Å². The fourth-order valence-electron chi connectivity index (χ4n) is 4.10. The third-order valence-corrected chi connectivity index (χ3v) is 6.39. The van der Waals surface area contributed by atoms with Crippen molar-refractivity contribution >= 4 is 28.4 Å². The van der Waals surface area contributed by atoms with Gasteiger partial charge in [0, 0.05) is 29.3 Å². The lowest BCUT2D eigenvalue weighted by Gasteiger charge is -2.16. The number of rotatable bonds is 9. The average molecular weight is 597 g/mol. The van der Waals surface area contributed by atoms with Crippen molar-refractivity contribution in [3.63, 3.8) is 0 Å². The summed E-state index contributed by atoms with van der Waals surface area (Å²) in [6, 6.07) is 20.8. The Bertz CT molecular complexity index is 1700. The monoisotopic (exact) mass is 596 g/mol. The topological polar surface area (TPSA) is 112 Å². The van der Waals surface area contributed by atoms with E-state index in [0.717, 1.165) is 5.69 Å². The van der Waals surface area contributed by atoms with Gasteiger partial charge in [0.15, 0.2) is 11.5 Å². The predicted molar refractivity (Wildman–Crippen MR) is 159 cm³/mol. The summed E-state index contributed by atoms with van der Waals surface area (Å²) in [6.45, 7) is 2.92. The molecule has 0 fully saturated rings. The predicted octanol–water partition coefficient (Wildman–Crippen LogP) is 6.82. The van der Waals surface area contributed by atoms with Gasteiger partial charge in [-0.1, -0.05) is 38.1 Å². The van der Waals surface area contributed by atoms with E-state index in [0.29, 0.717) is 51.2 Å². The van der Waals surface area contributed by atoms with E-state index in [-0.39, 0.29) is 9.41 Å². The molecule has 2 amide bonds. The molecule has 0 radical (unpaired) electrons. The van der Waals surface area contributed by atoms with Crippen molar-refractivity contribution in [1.82, 2.24) is 19.7 Å². The molecule has 43 heavy (non-hydrogen) atoms. The van der Waals surface area contributed by atoms with Crippen LogP contribution in [0.5, 0.6) is 23.1 Å². The largest absolute Gasteiger partial charge is 0.493 e. The third-order valence-electron chi connectivity index (χ3n) is 6.39. The molecule has 5 rings (SSSR count). The van der Waals surface area contributed by atoms with Gasteiger partial charge in [-0.05, 0) is 30.3 Å². The number of carbonyl (C=O) groups is 1. The molecule has 3 aromatic carbocycles. The van der Waals surface area contributed by atoms with Crippen LogP contribution in [0.25, 0.3) is 16.6 Å². The Morgan fingerprint density at radius 3 is 2.33 bits per heavy atom. The van der Waals surface area contributed by atoms with Crippen molar-refractivity contribution in [2.75, 3.05) is 31.5 Å². The van der Waals surface area contributed by atoms with Gasteiger partial charge in [0.25, 0.3) is 0 Å². The smallest absolute Gasteiger partial charge is 0.324 e. The molecular weight excluding hydrogens is 565 g/mol. The standard InChI is InChI=1S/C30H29FN6O4.2FH/c1-30(2,17-31)26-16-27(37(36-26)20-10-6-5-7-11-20)35-29(38)34-19-9-8-12-21(13-19)41-28-22-14-24(39-3)25(40-4)15-23(22)32-18-33-28;;/h5-16,18H,17H2,1-4H3,(H2,34,35,38);2*1H. The Morgan fingerprint density at radius 1 is 0.907 bits per heavy atom. The number of carbonyl (C=O) groups excluding carboxylic acids is 1. The number of hydrogen-bond acceptors (Lipinski definition) is 7. The van der Waals surface area contributed by atoms with E-state index in [1.807, 2.05) is 30.3 Å². The van der Waals surface area contributed by atoms with Crippen LogP contribution in [0.15, 0.2) is 79.1 Å². The normalized spacial score (nSPS) is 10.7. The number of urea groups is 1. The zero-order valence-corrected chi connectivity index (χ0v) is 23.8. The summed E-state index contributed by atoms with van der Waals surface area (Å²) >= 11 is 0. The highest BCUT2D eigenvalue weighted by atomic mass is 19.1. The number of halogens is 3. The Kier molecular flexibility index (Phi) is 10.1. The van der Waals surface area contributed by atoms with Crippen LogP contribution in [0, 0.1) is 0 Å². The molecule has 2 heterocycles. The van der Waals surface area contributed by atoms with Crippen LogP contribution < -0.4 is 24.8 Å². The van der Waals surface area contributed by atoms with Gasteiger partial charge in [-0.25, -0.2) is 19.4 Å². The van der Waals surface area contributed by atoms with Crippen LogP contribution in [-0.4, -0.2) is 46.7 Å². The van der Waals surface area contributed by atoms with Crippen molar-refractivity contribution in [3.05, 3.63) is 84.8 Å². The van der Waals surface area contributed by atoms with Gasteiger partial charge in [-0.2, -0.15) is 5.10 Å². The number of fused-ring (bicyclic) bond motifs is 1. The lowest BCUT2D eigenvalue weighted by atomic mass is 9.91. The molecular formula is C30H31F3N6O4. The van der Waals surface area contributed by atoms with Crippen molar-refractivity contribution in [1.29, 1.82) is 0 Å². The second-order valence-electron chi connectivity index (χ2n) is 9.79. The van der Waals surface area contributed by atoms with Gasteiger partial charge in [-0.3, -0.25) is 19.1 Å². The van der Waals surface area contributed by atoms with Crippen molar-refractivity contribution in [2.24, 2.45) is 0 Å². The number of amides is 2. The number of hydrogen-bond donors (Lipinski definition) is 2. The first-order valence-corrected chi connectivity index (χ1v) is 12.8. The van der Waals surface area contributed by atoms with Gasteiger partial charge < -0.3 is 19.5 Å². The molecule has 0 aliphatic heterocycles. The number of methoxy groups -OCH3 is 2. The summed E-state index contributed by atoms with van der Waals surface area (Å²) in [6.07, 6.45) is 1.40. The molecule has 0 saturated carbocycles. The molecule has 2 aromatic heterocycles. The fourth-order valence-corrected chi connectivity index (χ4v) is 4.10. The number of para-hydroxylation sites is 1. The maximum absolute atomic E-state index is 13.7. The van der Waals surface area contributed by atoms with Crippen LogP contribution >= 0.6 is 0 Å². The number of alkyl halides is 1. The molecule has 13 heteroatoms.